The number of hydrogen-bond donors (Lipinski definition) is 1. The molecule has 0 aliphatic carbocycles. The van der Waals surface area contributed by atoms with Gasteiger partial charge < -0.3 is 19.9 Å². The Labute approximate surface area is 91.7 Å². The zero-order valence-electron chi connectivity index (χ0n) is 9.24. The molecule has 0 spiro atoms. The molecule has 0 aliphatic heterocycles. The quantitative estimate of drug-likeness (QED) is 0.724. The van der Waals surface area contributed by atoms with Crippen molar-refractivity contribution in [1.82, 2.24) is 4.90 Å². The second kappa shape index (κ2) is 5.20. The standard InChI is InChI=1S/C9H15F2NO4/c1-9(2,3)12(8(15)16)5(4-13)6(14)7(10)11/h5,7,13H,4H2,1-3H3,(H,15,16)/p-1. The number of halogens is 2. The molecule has 1 atom stereocenters. The summed E-state index contributed by atoms with van der Waals surface area (Å²) in [6.45, 7) is 3.22. The number of amides is 1. The number of ketones is 1. The third-order valence-corrected chi connectivity index (χ3v) is 1.95. The Balaban J connectivity index is 5.17. The molecular formula is C9H14F2NO4-. The van der Waals surface area contributed by atoms with Crippen LogP contribution in [-0.2, 0) is 4.79 Å². The van der Waals surface area contributed by atoms with Gasteiger partial charge in [0, 0.05) is 5.54 Å². The van der Waals surface area contributed by atoms with Crippen LogP contribution in [0.5, 0.6) is 0 Å². The second-order valence-corrected chi connectivity index (χ2v) is 4.21. The molecule has 0 aromatic heterocycles. The summed E-state index contributed by atoms with van der Waals surface area (Å²) >= 11 is 0. The Kier molecular flexibility index (Phi) is 4.80. The van der Waals surface area contributed by atoms with Crippen molar-refractivity contribution >= 4 is 11.9 Å². The number of carbonyl (C=O) groups excluding carboxylic acids is 2. The van der Waals surface area contributed by atoms with Crippen LogP contribution in [-0.4, -0.2) is 46.5 Å². The van der Waals surface area contributed by atoms with E-state index < -0.39 is 36.5 Å². The molecule has 0 radical (unpaired) electrons. The summed E-state index contributed by atoms with van der Waals surface area (Å²) in [7, 11) is 0. The highest BCUT2D eigenvalue weighted by atomic mass is 19.3. The number of alkyl halides is 2. The molecule has 0 bridgehead atoms. The number of aliphatic hydroxyl groups excluding tert-OH is 1. The van der Waals surface area contributed by atoms with Gasteiger partial charge in [-0.15, -0.1) is 0 Å². The van der Waals surface area contributed by atoms with Gasteiger partial charge >= 0.3 is 0 Å². The molecular weight excluding hydrogens is 224 g/mol. The molecule has 7 heteroatoms. The molecule has 1 N–H and O–H groups in total. The van der Waals surface area contributed by atoms with Crippen molar-refractivity contribution < 1.29 is 28.6 Å². The average Bonchev–Trinajstić information content (AvgIpc) is 2.09. The maximum absolute atomic E-state index is 12.2. The molecule has 94 valence electrons. The largest absolute Gasteiger partial charge is 0.530 e. The van der Waals surface area contributed by atoms with Crippen LogP contribution in [0.4, 0.5) is 13.6 Å². The lowest BCUT2D eigenvalue weighted by molar-refractivity contribution is -0.273. The van der Waals surface area contributed by atoms with Crippen LogP contribution >= 0.6 is 0 Å². The van der Waals surface area contributed by atoms with Crippen molar-refractivity contribution in [3.05, 3.63) is 0 Å². The summed E-state index contributed by atoms with van der Waals surface area (Å²) in [6, 6.07) is -1.80. The Morgan fingerprint density at radius 2 is 1.81 bits per heavy atom. The van der Waals surface area contributed by atoms with E-state index in [0.717, 1.165) is 0 Å². The van der Waals surface area contributed by atoms with Crippen LogP contribution < -0.4 is 5.11 Å². The van der Waals surface area contributed by atoms with Gasteiger partial charge in [0.15, 0.2) is 0 Å². The van der Waals surface area contributed by atoms with Gasteiger partial charge in [0.2, 0.25) is 5.78 Å². The highest BCUT2D eigenvalue weighted by Crippen LogP contribution is 2.18. The number of Topliss-reactive ketones (excluding diaryl/α,β-unsaturated/α-hetero) is 1. The minimum absolute atomic E-state index is 0.418. The van der Waals surface area contributed by atoms with Crippen LogP contribution in [0.15, 0.2) is 0 Å². The van der Waals surface area contributed by atoms with Gasteiger partial charge in [-0.2, -0.15) is 0 Å². The van der Waals surface area contributed by atoms with E-state index in [1.165, 1.54) is 20.8 Å². The minimum atomic E-state index is -3.33. The molecule has 1 amide bonds. The van der Waals surface area contributed by atoms with Crippen LogP contribution in [0.3, 0.4) is 0 Å². The lowest BCUT2D eigenvalue weighted by Crippen LogP contribution is -2.60. The topological polar surface area (TPSA) is 80.7 Å². The molecule has 0 aromatic rings. The molecule has 0 fully saturated rings. The number of nitrogens with zero attached hydrogens (tertiary/aromatic N) is 1. The van der Waals surface area contributed by atoms with Gasteiger partial charge in [0.05, 0.1) is 6.61 Å². The molecule has 0 aromatic carbocycles. The second-order valence-electron chi connectivity index (χ2n) is 4.21. The van der Waals surface area contributed by atoms with E-state index in [0.29, 0.717) is 4.90 Å². The third kappa shape index (κ3) is 3.41. The van der Waals surface area contributed by atoms with Crippen LogP contribution in [0, 0.1) is 0 Å². The average molecular weight is 238 g/mol. The smallest absolute Gasteiger partial charge is 0.298 e. The molecule has 16 heavy (non-hydrogen) atoms. The van der Waals surface area contributed by atoms with Gasteiger partial charge in [-0.25, -0.2) is 8.78 Å². The van der Waals surface area contributed by atoms with E-state index in [-0.39, 0.29) is 0 Å². The zero-order chi connectivity index (χ0) is 13.1. The summed E-state index contributed by atoms with van der Waals surface area (Å²) in [5.41, 5.74) is -1.11. The fourth-order valence-electron chi connectivity index (χ4n) is 1.31. The first-order valence-electron chi connectivity index (χ1n) is 4.56. The van der Waals surface area contributed by atoms with Gasteiger partial charge in [0.1, 0.15) is 12.1 Å². The molecule has 0 aliphatic rings. The molecule has 0 saturated carbocycles. The van der Waals surface area contributed by atoms with E-state index >= 15 is 0 Å². The normalized spacial score (nSPS) is 13.7. The molecule has 0 rings (SSSR count). The number of hydrogen-bond acceptors (Lipinski definition) is 4. The van der Waals surface area contributed by atoms with E-state index in [4.69, 9.17) is 5.11 Å². The number of carboxylic acid groups (broad SMARTS) is 1. The fraction of sp³-hybridized carbons (Fsp3) is 0.778. The Morgan fingerprint density at radius 3 is 2.00 bits per heavy atom. The van der Waals surface area contributed by atoms with E-state index in [2.05, 4.69) is 0 Å². The Bertz CT molecular complexity index is 275. The number of aliphatic hydroxyl groups is 1. The third-order valence-electron chi connectivity index (χ3n) is 1.95. The SMILES string of the molecule is CC(C)(C)N(C(=O)[O-])C(CO)C(=O)C(F)F. The fourth-order valence-corrected chi connectivity index (χ4v) is 1.31. The van der Waals surface area contributed by atoms with Crippen molar-refractivity contribution in [2.45, 2.75) is 38.8 Å². The van der Waals surface area contributed by atoms with Crippen molar-refractivity contribution in [3.8, 4) is 0 Å². The lowest BCUT2D eigenvalue weighted by atomic mass is 10.0. The number of carbonyl (C=O) groups is 2. The van der Waals surface area contributed by atoms with Gasteiger partial charge in [-0.3, -0.25) is 4.79 Å². The summed E-state index contributed by atoms with van der Waals surface area (Å²) in [4.78, 5) is 22.2. The predicted octanol–water partition coefficient (Wildman–Crippen LogP) is -0.375. The first-order chi connectivity index (χ1) is 7.12. The van der Waals surface area contributed by atoms with Crippen LogP contribution in [0.25, 0.3) is 0 Å². The lowest BCUT2D eigenvalue weighted by Gasteiger charge is -2.42. The Hall–Kier alpha value is -1.24. The highest BCUT2D eigenvalue weighted by Gasteiger charge is 2.36. The summed E-state index contributed by atoms with van der Waals surface area (Å²) < 4.78 is 24.4. The van der Waals surface area contributed by atoms with Crippen molar-refractivity contribution in [2.75, 3.05) is 6.61 Å². The summed E-state index contributed by atoms with van der Waals surface area (Å²) in [5.74, 6) is -1.64. The van der Waals surface area contributed by atoms with Crippen molar-refractivity contribution in [1.29, 1.82) is 0 Å². The van der Waals surface area contributed by atoms with E-state index in [1.807, 2.05) is 0 Å². The first kappa shape index (κ1) is 14.8. The molecule has 1 unspecified atom stereocenters. The summed E-state index contributed by atoms with van der Waals surface area (Å²) in [6.07, 6.45) is -5.11. The zero-order valence-corrected chi connectivity index (χ0v) is 9.24. The van der Waals surface area contributed by atoms with Crippen molar-refractivity contribution in [3.63, 3.8) is 0 Å². The van der Waals surface area contributed by atoms with E-state index in [9.17, 15) is 23.5 Å². The minimum Gasteiger partial charge on any atom is -0.530 e. The maximum Gasteiger partial charge on any atom is 0.298 e. The van der Waals surface area contributed by atoms with E-state index in [1.54, 1.807) is 0 Å². The van der Waals surface area contributed by atoms with Gasteiger partial charge in [-0.05, 0) is 20.8 Å². The summed E-state index contributed by atoms with van der Waals surface area (Å²) in [5, 5.41) is 19.6. The van der Waals surface area contributed by atoms with Crippen LogP contribution in [0.2, 0.25) is 0 Å². The number of rotatable bonds is 4. The molecule has 0 saturated heterocycles. The van der Waals surface area contributed by atoms with Gasteiger partial charge in [-0.1, -0.05) is 0 Å². The monoisotopic (exact) mass is 238 g/mol. The predicted molar refractivity (Wildman–Crippen MR) is 48.9 cm³/mol. The first-order valence-corrected chi connectivity index (χ1v) is 4.56. The maximum atomic E-state index is 12.2. The molecule has 0 heterocycles. The highest BCUT2D eigenvalue weighted by molar-refractivity contribution is 5.89. The van der Waals surface area contributed by atoms with Gasteiger partial charge in [0.25, 0.3) is 6.43 Å². The van der Waals surface area contributed by atoms with Crippen molar-refractivity contribution in [2.24, 2.45) is 0 Å². The Morgan fingerprint density at radius 1 is 1.38 bits per heavy atom. The molecule has 5 nitrogen and oxygen atoms in total. The van der Waals surface area contributed by atoms with Crippen LogP contribution in [0.1, 0.15) is 20.8 Å².